The van der Waals surface area contributed by atoms with E-state index in [1.165, 1.54) is 6.20 Å². The van der Waals surface area contributed by atoms with Crippen molar-refractivity contribution in [1.29, 1.82) is 5.26 Å². The second-order valence-corrected chi connectivity index (χ2v) is 5.56. The van der Waals surface area contributed by atoms with Crippen molar-refractivity contribution in [3.05, 3.63) is 42.1 Å². The zero-order chi connectivity index (χ0) is 17.4. The van der Waals surface area contributed by atoms with Gasteiger partial charge in [-0.3, -0.25) is 5.43 Å². The van der Waals surface area contributed by atoms with Gasteiger partial charge in [0.2, 0.25) is 0 Å². The molecule has 1 heterocycles. The molecule has 1 aliphatic rings. The van der Waals surface area contributed by atoms with Crippen LogP contribution in [0.4, 0.5) is 0 Å². The average Bonchev–Trinajstić information content (AvgIpc) is 3.09. The largest absolute Gasteiger partial charge is 0.487 e. The highest BCUT2D eigenvalue weighted by atomic mass is 16.5. The Labute approximate surface area is 142 Å². The van der Waals surface area contributed by atoms with Gasteiger partial charge in [0.05, 0.1) is 24.5 Å². The molecule has 6 nitrogen and oxygen atoms in total. The fourth-order valence-corrected chi connectivity index (χ4v) is 2.52. The SMILES string of the molecule is C=CN/N=C(/c1ccc(OC2CCOC2)c(C#N)c1)C(C)CN=C. The van der Waals surface area contributed by atoms with Gasteiger partial charge in [0, 0.05) is 25.1 Å². The Morgan fingerprint density at radius 3 is 3.08 bits per heavy atom. The highest BCUT2D eigenvalue weighted by Crippen LogP contribution is 2.24. The molecule has 0 aromatic heterocycles. The number of nitriles is 1. The summed E-state index contributed by atoms with van der Waals surface area (Å²) in [5.41, 5.74) is 4.86. The van der Waals surface area contributed by atoms with Crippen LogP contribution < -0.4 is 10.2 Å². The fourth-order valence-electron chi connectivity index (χ4n) is 2.52. The number of rotatable bonds is 8. The maximum Gasteiger partial charge on any atom is 0.137 e. The lowest BCUT2D eigenvalue weighted by atomic mass is 9.96. The summed E-state index contributed by atoms with van der Waals surface area (Å²) in [4.78, 5) is 3.93. The molecule has 1 aromatic rings. The molecular weight excluding hydrogens is 304 g/mol. The first-order chi connectivity index (χ1) is 11.7. The normalized spacial score (nSPS) is 18.5. The Morgan fingerprint density at radius 2 is 2.46 bits per heavy atom. The van der Waals surface area contributed by atoms with Crippen molar-refractivity contribution in [2.75, 3.05) is 19.8 Å². The molecule has 0 spiro atoms. The van der Waals surface area contributed by atoms with Gasteiger partial charge < -0.3 is 14.5 Å². The minimum atomic E-state index is 0.00223. The minimum Gasteiger partial charge on any atom is -0.487 e. The van der Waals surface area contributed by atoms with E-state index in [2.05, 4.69) is 34.9 Å². The first-order valence-corrected chi connectivity index (χ1v) is 7.85. The molecule has 0 saturated carbocycles. The molecule has 0 radical (unpaired) electrons. The van der Waals surface area contributed by atoms with Gasteiger partial charge in [-0.05, 0) is 30.5 Å². The van der Waals surface area contributed by atoms with Crippen molar-refractivity contribution in [2.24, 2.45) is 16.0 Å². The van der Waals surface area contributed by atoms with Crippen LogP contribution in [0.3, 0.4) is 0 Å². The molecule has 0 aliphatic carbocycles. The highest BCUT2D eigenvalue weighted by molar-refractivity contribution is 6.02. The van der Waals surface area contributed by atoms with Gasteiger partial charge in [0.1, 0.15) is 17.9 Å². The van der Waals surface area contributed by atoms with Gasteiger partial charge in [-0.25, -0.2) is 0 Å². The number of hydrogen-bond donors (Lipinski definition) is 1. The summed E-state index contributed by atoms with van der Waals surface area (Å²) >= 11 is 0. The van der Waals surface area contributed by atoms with Crippen LogP contribution >= 0.6 is 0 Å². The molecule has 6 heteroatoms. The molecule has 1 aromatic carbocycles. The zero-order valence-electron chi connectivity index (χ0n) is 13.9. The van der Waals surface area contributed by atoms with E-state index in [9.17, 15) is 5.26 Å². The number of nitrogens with one attached hydrogen (secondary N) is 1. The summed E-state index contributed by atoms with van der Waals surface area (Å²) in [7, 11) is 0. The summed E-state index contributed by atoms with van der Waals surface area (Å²) < 4.78 is 11.2. The Bertz CT molecular complexity index is 657. The van der Waals surface area contributed by atoms with E-state index in [1.807, 2.05) is 19.1 Å². The minimum absolute atomic E-state index is 0.00223. The molecule has 2 atom stereocenters. The lowest BCUT2D eigenvalue weighted by Gasteiger charge is -2.16. The van der Waals surface area contributed by atoms with Crippen LogP contribution in [0.25, 0.3) is 0 Å². The van der Waals surface area contributed by atoms with Crippen molar-refractivity contribution in [3.63, 3.8) is 0 Å². The number of aliphatic imine (C=N–C) groups is 1. The van der Waals surface area contributed by atoms with Gasteiger partial charge in [0.25, 0.3) is 0 Å². The summed E-state index contributed by atoms with van der Waals surface area (Å²) in [6.45, 7) is 10.9. The molecule has 1 aliphatic heterocycles. The molecular formula is C18H22N4O2. The van der Waals surface area contributed by atoms with Crippen molar-refractivity contribution in [2.45, 2.75) is 19.4 Å². The third-order valence-electron chi connectivity index (χ3n) is 3.72. The second-order valence-electron chi connectivity index (χ2n) is 5.56. The molecule has 1 fully saturated rings. The van der Waals surface area contributed by atoms with Crippen LogP contribution in [0.15, 0.2) is 41.1 Å². The topological polar surface area (TPSA) is 79.0 Å². The first-order valence-electron chi connectivity index (χ1n) is 7.85. The van der Waals surface area contributed by atoms with Gasteiger partial charge >= 0.3 is 0 Å². The van der Waals surface area contributed by atoms with Crippen molar-refractivity contribution < 1.29 is 9.47 Å². The van der Waals surface area contributed by atoms with Crippen LogP contribution in [0.1, 0.15) is 24.5 Å². The van der Waals surface area contributed by atoms with E-state index < -0.39 is 0 Å². The van der Waals surface area contributed by atoms with E-state index >= 15 is 0 Å². The van der Waals surface area contributed by atoms with E-state index in [0.29, 0.717) is 31.1 Å². The van der Waals surface area contributed by atoms with Crippen molar-refractivity contribution in [3.8, 4) is 11.8 Å². The second kappa shape index (κ2) is 8.85. The predicted molar refractivity (Wildman–Crippen MR) is 94.5 cm³/mol. The molecule has 0 amide bonds. The quantitative estimate of drug-likeness (QED) is 0.588. The molecule has 0 bridgehead atoms. The molecule has 24 heavy (non-hydrogen) atoms. The number of benzene rings is 1. The third kappa shape index (κ3) is 4.43. The van der Waals surface area contributed by atoms with Crippen LogP contribution in [0.5, 0.6) is 5.75 Å². The maximum atomic E-state index is 9.46. The van der Waals surface area contributed by atoms with Crippen LogP contribution in [-0.2, 0) is 4.74 Å². The van der Waals surface area contributed by atoms with Crippen LogP contribution in [-0.4, -0.2) is 38.3 Å². The summed E-state index contributed by atoms with van der Waals surface area (Å²) in [6.07, 6.45) is 2.34. The Morgan fingerprint density at radius 1 is 1.62 bits per heavy atom. The standard InChI is InChI=1S/C18H22N4O2/c1-4-21-22-18(13(2)11-20-3)14-5-6-17(15(9-14)10-19)24-16-7-8-23-12-16/h4-6,9,13,16,21H,1,3,7-8,11-12H2,2H3/b22-18+. The Balaban J connectivity index is 2.29. The zero-order valence-corrected chi connectivity index (χ0v) is 13.9. The highest BCUT2D eigenvalue weighted by Gasteiger charge is 2.20. The summed E-state index contributed by atoms with van der Waals surface area (Å²) in [5.74, 6) is 0.624. The number of ether oxygens (including phenoxy) is 2. The van der Waals surface area contributed by atoms with E-state index in [4.69, 9.17) is 9.47 Å². The van der Waals surface area contributed by atoms with Gasteiger partial charge in [0.15, 0.2) is 0 Å². The average molecular weight is 326 g/mol. The van der Waals surface area contributed by atoms with Crippen LogP contribution in [0, 0.1) is 17.2 Å². The molecule has 2 unspecified atom stereocenters. The predicted octanol–water partition coefficient (Wildman–Crippen LogP) is 2.50. The fraction of sp³-hybridized carbons (Fsp3) is 0.389. The number of hydrazone groups is 1. The van der Waals surface area contributed by atoms with Crippen molar-refractivity contribution in [1.82, 2.24) is 5.43 Å². The first kappa shape index (κ1) is 17.7. The molecule has 2 rings (SSSR count). The Kier molecular flexibility index (Phi) is 6.52. The van der Waals surface area contributed by atoms with Gasteiger partial charge in [-0.15, -0.1) is 0 Å². The molecule has 1 saturated heterocycles. The monoisotopic (exact) mass is 326 g/mol. The van der Waals surface area contributed by atoms with E-state index in [0.717, 1.165) is 17.7 Å². The number of nitrogens with zero attached hydrogens (tertiary/aromatic N) is 3. The third-order valence-corrected chi connectivity index (χ3v) is 3.72. The maximum absolute atomic E-state index is 9.46. The van der Waals surface area contributed by atoms with Crippen LogP contribution in [0.2, 0.25) is 0 Å². The smallest absolute Gasteiger partial charge is 0.137 e. The number of hydrogen-bond acceptors (Lipinski definition) is 6. The summed E-state index contributed by atoms with van der Waals surface area (Å²) in [5, 5.41) is 13.8. The molecule has 1 N–H and O–H groups in total. The summed E-state index contributed by atoms with van der Waals surface area (Å²) in [6, 6.07) is 7.69. The lowest BCUT2D eigenvalue weighted by molar-refractivity contribution is 0.141. The Hall–Kier alpha value is -2.65. The lowest BCUT2D eigenvalue weighted by Crippen LogP contribution is -2.19. The molecule has 126 valence electrons. The van der Waals surface area contributed by atoms with E-state index in [1.54, 1.807) is 6.07 Å². The van der Waals surface area contributed by atoms with Crippen molar-refractivity contribution >= 4 is 12.4 Å². The van der Waals surface area contributed by atoms with Gasteiger partial charge in [-0.1, -0.05) is 13.5 Å². The van der Waals surface area contributed by atoms with Gasteiger partial charge in [-0.2, -0.15) is 10.4 Å². The van der Waals surface area contributed by atoms with E-state index in [-0.39, 0.29) is 12.0 Å².